The summed E-state index contributed by atoms with van der Waals surface area (Å²) >= 11 is 3.31. The molecule has 5 heterocycles. The Morgan fingerprint density at radius 1 is 1.39 bits per heavy atom. The summed E-state index contributed by atoms with van der Waals surface area (Å²) in [6.07, 6.45) is 3.38. The van der Waals surface area contributed by atoms with Crippen LogP contribution >= 0.6 is 34.6 Å². The lowest BCUT2D eigenvalue weighted by molar-refractivity contribution is -0.695. The molecule has 3 aromatic heterocycles. The second kappa shape index (κ2) is 11.3. The lowest BCUT2D eigenvalue weighted by atomic mass is 10.0. The monoisotopic (exact) mass is 648 g/mol. The Balaban J connectivity index is 1.38. The van der Waals surface area contributed by atoms with Crippen molar-refractivity contribution in [1.82, 2.24) is 28.7 Å². The minimum Gasteiger partial charge on any atom is -0.477 e. The van der Waals surface area contributed by atoms with Gasteiger partial charge in [0.15, 0.2) is 5.13 Å². The number of hydrogen-bond donors (Lipinski definition) is 5. The highest BCUT2D eigenvalue weighted by atomic mass is 32.2. The number of aromatic nitrogens is 4. The number of nitrogens with two attached hydrogens (primary N) is 1. The van der Waals surface area contributed by atoms with E-state index in [-0.39, 0.29) is 35.5 Å². The number of alkyl halides is 1. The number of rotatable bonds is 11. The van der Waals surface area contributed by atoms with Crippen LogP contribution in [0.25, 0.3) is 4.83 Å². The van der Waals surface area contributed by atoms with Crippen molar-refractivity contribution >= 4 is 78.4 Å². The van der Waals surface area contributed by atoms with Gasteiger partial charge in [-0.3, -0.25) is 19.0 Å². The molecule has 1 saturated heterocycles. The third kappa shape index (κ3) is 5.73. The highest BCUT2D eigenvalue weighted by molar-refractivity contribution is 8.00. The van der Waals surface area contributed by atoms with Gasteiger partial charge >= 0.3 is 16.3 Å². The zero-order valence-electron chi connectivity index (χ0n) is 20.3. The first-order valence-electron chi connectivity index (χ1n) is 11.2. The summed E-state index contributed by atoms with van der Waals surface area (Å²) in [4.78, 5) is 48.2. The number of aliphatic carboxylic acids is 1. The fourth-order valence-corrected chi connectivity index (χ4v) is 7.12. The molecule has 5 rings (SSSR count). The van der Waals surface area contributed by atoms with Crippen molar-refractivity contribution in [3.05, 3.63) is 40.7 Å². The van der Waals surface area contributed by atoms with Crippen molar-refractivity contribution in [3.63, 3.8) is 0 Å². The van der Waals surface area contributed by atoms with E-state index in [1.54, 1.807) is 26.7 Å². The quantitative estimate of drug-likeness (QED) is 0.0537. The molecule has 0 radical (unpaired) electrons. The minimum absolute atomic E-state index is 0.00661. The van der Waals surface area contributed by atoms with Crippen LogP contribution in [0.1, 0.15) is 11.6 Å². The molecule has 17 nitrogen and oxygen atoms in total. The highest BCUT2D eigenvalue weighted by Crippen LogP contribution is 2.40. The van der Waals surface area contributed by atoms with E-state index in [0.29, 0.717) is 11.4 Å². The van der Waals surface area contributed by atoms with Crippen LogP contribution in [0.3, 0.4) is 0 Å². The van der Waals surface area contributed by atoms with Gasteiger partial charge in [-0.05, 0) is 0 Å². The van der Waals surface area contributed by atoms with Crippen molar-refractivity contribution in [1.29, 1.82) is 0 Å². The van der Waals surface area contributed by atoms with Crippen LogP contribution in [0.5, 0.6) is 0 Å². The first kappa shape index (κ1) is 28.8. The summed E-state index contributed by atoms with van der Waals surface area (Å²) in [6.45, 7) is -1.64. The predicted octanol–water partition coefficient (Wildman–Crippen LogP) is -1.30. The predicted molar refractivity (Wildman–Crippen MR) is 141 cm³/mol. The molecule has 0 spiro atoms. The number of nitrogen functional groups attached to an aromatic ring is 1. The van der Waals surface area contributed by atoms with E-state index in [9.17, 15) is 32.3 Å². The van der Waals surface area contributed by atoms with Crippen LogP contribution in [-0.2, 0) is 42.6 Å². The van der Waals surface area contributed by atoms with Crippen LogP contribution < -0.4 is 20.3 Å². The zero-order chi connectivity index (χ0) is 29.5. The molecule has 2 aliphatic heterocycles. The second-order valence-corrected chi connectivity index (χ2v) is 12.4. The molecule has 2 aliphatic rings. The molecule has 0 saturated carbocycles. The molecule has 0 unspecified atom stereocenters. The Labute approximate surface area is 241 Å². The van der Waals surface area contributed by atoms with Gasteiger partial charge in [0.25, 0.3) is 24.5 Å². The first-order valence-corrected chi connectivity index (χ1v) is 15.4. The van der Waals surface area contributed by atoms with E-state index in [0.717, 1.165) is 21.3 Å². The normalized spacial score (nSPS) is 19.3. The molecular formula is C19H19FN9O8S4+. The van der Waals surface area contributed by atoms with Gasteiger partial charge in [-0.1, -0.05) is 16.5 Å². The summed E-state index contributed by atoms with van der Waals surface area (Å²) in [7, 11) is -4.50. The number of carbonyl (C=O) groups excluding carboxylic acids is 2. The van der Waals surface area contributed by atoms with Gasteiger partial charge in [0.1, 0.15) is 42.6 Å². The average molecular weight is 649 g/mol. The van der Waals surface area contributed by atoms with Gasteiger partial charge in [-0.25, -0.2) is 13.8 Å². The van der Waals surface area contributed by atoms with Gasteiger partial charge in [-0.15, -0.1) is 11.8 Å². The SMILES string of the molecule is Nc1nc(/C(=N/OCF)C(=O)N[C@@H]2C(=O)N3C(C(=O)O)=C(C[n+]4cc5sccn5c4CNS(=O)(=O)O)CS[C@H]23)ns1. The van der Waals surface area contributed by atoms with Crippen molar-refractivity contribution < 1.29 is 46.3 Å². The lowest BCUT2D eigenvalue weighted by Gasteiger charge is -2.49. The maximum absolute atomic E-state index is 13.1. The number of thioether (sulfide) groups is 1. The molecule has 2 atom stereocenters. The van der Waals surface area contributed by atoms with Crippen LogP contribution in [0.4, 0.5) is 9.52 Å². The smallest absolute Gasteiger partial charge is 0.352 e. The van der Waals surface area contributed by atoms with E-state index in [2.05, 4.69) is 24.7 Å². The van der Waals surface area contributed by atoms with Crippen molar-refractivity contribution in [2.75, 3.05) is 18.3 Å². The largest absolute Gasteiger partial charge is 0.477 e. The molecule has 6 N–H and O–H groups in total. The van der Waals surface area contributed by atoms with Crippen molar-refractivity contribution in [3.8, 4) is 0 Å². The number of fused-ring (bicyclic) bond motifs is 2. The standard InChI is InChI=1S/C19H18FN9O8S4/c20-7-37-25-11(14-24-19(21)40-26-14)15(30)23-12-16(31)29-13(18(32)33)8(6-39-17(12)29)4-27-5-10-28(1-2-38-10)9(27)3-22-41(34,35)36/h1-2,5,12,17,22H,3-4,6-7H2,(H4-,21,23,24,26,30,32,33,34,35,36)/p+1/b25-11-/t12-,17-/m1/s1. The van der Waals surface area contributed by atoms with E-state index < -0.39 is 52.1 Å². The first-order chi connectivity index (χ1) is 19.5. The number of β-lactam (4-membered cyclic amide) rings is 1. The molecule has 218 valence electrons. The topological polar surface area (TPSA) is 235 Å². The Kier molecular flexibility index (Phi) is 7.93. The van der Waals surface area contributed by atoms with E-state index in [1.807, 2.05) is 4.72 Å². The van der Waals surface area contributed by atoms with Gasteiger partial charge in [0.2, 0.25) is 16.4 Å². The molecule has 41 heavy (non-hydrogen) atoms. The number of nitrogens with one attached hydrogen (secondary N) is 2. The number of nitrogens with zero attached hydrogens (tertiary/aromatic N) is 6. The second-order valence-electron chi connectivity index (χ2n) is 8.33. The number of halogens is 1. The summed E-state index contributed by atoms with van der Waals surface area (Å²) in [5.74, 6) is -2.72. The van der Waals surface area contributed by atoms with Crippen molar-refractivity contribution in [2.45, 2.75) is 24.5 Å². The summed E-state index contributed by atoms with van der Waals surface area (Å²) in [6, 6.07) is -1.14. The van der Waals surface area contributed by atoms with Gasteiger partial charge in [0.05, 0.1) is 0 Å². The molecular weight excluding hydrogens is 630 g/mol. The van der Waals surface area contributed by atoms with Crippen LogP contribution in [-0.4, -0.2) is 84.3 Å². The number of anilines is 1. The summed E-state index contributed by atoms with van der Waals surface area (Å²) in [5, 5.41) is 16.9. The van der Waals surface area contributed by atoms with Gasteiger partial charge in [-0.2, -0.15) is 26.9 Å². The Morgan fingerprint density at radius 2 is 2.17 bits per heavy atom. The fraction of sp³-hybridized carbons (Fsp3) is 0.316. The van der Waals surface area contributed by atoms with Crippen LogP contribution in [0, 0.1) is 0 Å². The number of hydrogen-bond acceptors (Lipinski definition) is 13. The lowest BCUT2D eigenvalue weighted by Crippen LogP contribution is -2.71. The Hall–Kier alpha value is -3.70. The Bertz CT molecular complexity index is 1720. The fourth-order valence-electron chi connectivity index (χ4n) is 4.25. The number of amides is 2. The molecule has 22 heteroatoms. The molecule has 2 amide bonds. The minimum atomic E-state index is -4.50. The molecule has 0 bridgehead atoms. The maximum atomic E-state index is 13.1. The third-order valence-electron chi connectivity index (χ3n) is 5.90. The Morgan fingerprint density at radius 3 is 2.83 bits per heavy atom. The number of carbonyl (C=O) groups is 3. The number of carboxylic acids is 1. The van der Waals surface area contributed by atoms with E-state index >= 15 is 0 Å². The van der Waals surface area contributed by atoms with Crippen molar-refractivity contribution in [2.24, 2.45) is 5.16 Å². The molecule has 3 aromatic rings. The number of carboxylic acid groups (broad SMARTS) is 1. The average Bonchev–Trinajstić information content (AvgIpc) is 3.62. The number of thiazole rings is 1. The van der Waals surface area contributed by atoms with Crippen LogP contribution in [0.15, 0.2) is 34.2 Å². The summed E-state index contributed by atoms with van der Waals surface area (Å²) in [5.41, 5.74) is 5.10. The highest BCUT2D eigenvalue weighted by Gasteiger charge is 2.54. The number of imidazole rings is 1. The molecule has 1 fully saturated rings. The summed E-state index contributed by atoms with van der Waals surface area (Å²) < 4.78 is 53.4. The number of oxime groups is 1. The van der Waals surface area contributed by atoms with E-state index in [4.69, 9.17) is 10.3 Å². The maximum Gasteiger partial charge on any atom is 0.352 e. The van der Waals surface area contributed by atoms with Gasteiger partial charge < -0.3 is 21.0 Å². The van der Waals surface area contributed by atoms with E-state index in [1.165, 1.54) is 23.1 Å². The molecule has 0 aliphatic carbocycles. The zero-order valence-corrected chi connectivity index (χ0v) is 23.6. The third-order valence-corrected chi connectivity index (χ3v) is 9.09. The van der Waals surface area contributed by atoms with Gasteiger partial charge in [0, 0.05) is 28.2 Å². The molecule has 0 aromatic carbocycles. The van der Waals surface area contributed by atoms with Crippen LogP contribution in [0.2, 0.25) is 0 Å².